The summed E-state index contributed by atoms with van der Waals surface area (Å²) in [5.41, 5.74) is 1.28. The lowest BCUT2D eigenvalue weighted by Crippen LogP contribution is -2.12. The molecule has 0 saturated heterocycles. The molecule has 0 aliphatic heterocycles. The van der Waals surface area contributed by atoms with E-state index in [-0.39, 0.29) is 17.1 Å². The monoisotopic (exact) mass is 333 g/mol. The van der Waals surface area contributed by atoms with Crippen LogP contribution in [-0.2, 0) is 6.42 Å². The summed E-state index contributed by atoms with van der Waals surface area (Å²) < 4.78 is 15.8. The second-order valence-electron chi connectivity index (χ2n) is 5.08. The number of hydrogen-bond acceptors (Lipinski definition) is 5. The number of benzene rings is 1. The van der Waals surface area contributed by atoms with E-state index < -0.39 is 11.9 Å². The third-order valence-electron chi connectivity index (χ3n) is 3.56. The summed E-state index contributed by atoms with van der Waals surface area (Å²) in [6.07, 6.45) is 0.379. The van der Waals surface area contributed by atoms with Gasteiger partial charge in [0.1, 0.15) is 11.3 Å². The molecule has 0 radical (unpaired) electrons. The molecule has 7 nitrogen and oxygen atoms in total. The van der Waals surface area contributed by atoms with Gasteiger partial charge in [0.05, 0.1) is 14.2 Å². The number of furan rings is 1. The SMILES string of the molecule is CCc1oc(C(=O)Nc2cc(OC)c(OC)cc2C)cc1C(=O)O. The summed E-state index contributed by atoms with van der Waals surface area (Å²) in [5.74, 6) is -0.440. The first-order valence-corrected chi connectivity index (χ1v) is 7.31. The van der Waals surface area contributed by atoms with Gasteiger partial charge in [0.2, 0.25) is 0 Å². The molecule has 7 heteroatoms. The van der Waals surface area contributed by atoms with Crippen molar-refractivity contribution in [3.63, 3.8) is 0 Å². The molecule has 2 N–H and O–H groups in total. The van der Waals surface area contributed by atoms with Crippen LogP contribution in [0.15, 0.2) is 22.6 Å². The highest BCUT2D eigenvalue weighted by atomic mass is 16.5. The number of methoxy groups -OCH3 is 2. The second-order valence-corrected chi connectivity index (χ2v) is 5.08. The molecule has 0 bridgehead atoms. The molecule has 0 unspecified atom stereocenters. The van der Waals surface area contributed by atoms with Crippen LogP contribution in [-0.4, -0.2) is 31.2 Å². The zero-order valence-electron chi connectivity index (χ0n) is 13.9. The standard InChI is InChI=1S/C17H19NO6/c1-5-12-10(17(20)21)7-15(24-12)16(19)18-11-8-14(23-4)13(22-3)6-9(11)2/h6-8H,5H2,1-4H3,(H,18,19)(H,20,21). The Kier molecular flexibility index (Phi) is 5.13. The predicted octanol–water partition coefficient (Wildman–Crippen LogP) is 3.12. The van der Waals surface area contributed by atoms with E-state index in [4.69, 9.17) is 19.0 Å². The lowest BCUT2D eigenvalue weighted by atomic mass is 10.1. The summed E-state index contributed by atoms with van der Waals surface area (Å²) in [6.45, 7) is 3.56. The Hall–Kier alpha value is -2.96. The molecular formula is C17H19NO6. The molecule has 0 aliphatic rings. The third-order valence-corrected chi connectivity index (χ3v) is 3.56. The number of ether oxygens (including phenoxy) is 2. The van der Waals surface area contributed by atoms with E-state index in [9.17, 15) is 9.59 Å². The molecule has 0 spiro atoms. The minimum atomic E-state index is -1.13. The van der Waals surface area contributed by atoms with Gasteiger partial charge in [-0.1, -0.05) is 6.92 Å². The fraction of sp³-hybridized carbons (Fsp3) is 0.294. The van der Waals surface area contributed by atoms with Crippen LogP contribution in [0.2, 0.25) is 0 Å². The van der Waals surface area contributed by atoms with Crippen molar-refractivity contribution in [2.24, 2.45) is 0 Å². The number of hydrogen-bond donors (Lipinski definition) is 2. The number of carboxylic acid groups (broad SMARTS) is 1. The van der Waals surface area contributed by atoms with Crippen molar-refractivity contribution >= 4 is 17.6 Å². The Morgan fingerprint density at radius 3 is 2.29 bits per heavy atom. The first-order chi connectivity index (χ1) is 11.4. The van der Waals surface area contributed by atoms with Crippen LogP contribution < -0.4 is 14.8 Å². The predicted molar refractivity (Wildman–Crippen MR) is 87.3 cm³/mol. The molecule has 1 aromatic heterocycles. The molecule has 0 fully saturated rings. The van der Waals surface area contributed by atoms with Crippen molar-refractivity contribution in [1.29, 1.82) is 0 Å². The van der Waals surface area contributed by atoms with E-state index in [1.54, 1.807) is 26.0 Å². The van der Waals surface area contributed by atoms with Crippen molar-refractivity contribution in [2.75, 3.05) is 19.5 Å². The summed E-state index contributed by atoms with van der Waals surface area (Å²) >= 11 is 0. The smallest absolute Gasteiger partial charge is 0.339 e. The Bertz CT molecular complexity index is 778. The van der Waals surface area contributed by atoms with Crippen molar-refractivity contribution in [3.8, 4) is 11.5 Å². The fourth-order valence-electron chi connectivity index (χ4n) is 2.28. The highest BCUT2D eigenvalue weighted by Gasteiger charge is 2.21. The number of aromatic carboxylic acids is 1. The van der Waals surface area contributed by atoms with Crippen molar-refractivity contribution in [2.45, 2.75) is 20.3 Å². The van der Waals surface area contributed by atoms with Gasteiger partial charge in [-0.2, -0.15) is 0 Å². The van der Waals surface area contributed by atoms with Crippen molar-refractivity contribution < 1.29 is 28.6 Å². The largest absolute Gasteiger partial charge is 0.493 e. The number of rotatable bonds is 6. The van der Waals surface area contributed by atoms with Gasteiger partial charge in [-0.25, -0.2) is 4.79 Å². The average Bonchev–Trinajstić information content (AvgIpc) is 3.01. The minimum Gasteiger partial charge on any atom is -0.493 e. The molecule has 2 rings (SSSR count). The Morgan fingerprint density at radius 2 is 1.79 bits per heavy atom. The number of carbonyl (C=O) groups excluding carboxylic acids is 1. The molecule has 2 aromatic rings. The summed E-state index contributed by atoms with van der Waals surface area (Å²) in [7, 11) is 3.02. The van der Waals surface area contributed by atoms with Crippen molar-refractivity contribution in [1.82, 2.24) is 0 Å². The van der Waals surface area contributed by atoms with Crippen LogP contribution in [0, 0.1) is 6.92 Å². The van der Waals surface area contributed by atoms with Gasteiger partial charge in [0.25, 0.3) is 5.91 Å². The highest BCUT2D eigenvalue weighted by Crippen LogP contribution is 2.33. The highest BCUT2D eigenvalue weighted by molar-refractivity contribution is 6.04. The van der Waals surface area contributed by atoms with Gasteiger partial charge >= 0.3 is 5.97 Å². The van der Waals surface area contributed by atoms with Gasteiger partial charge in [0, 0.05) is 24.2 Å². The van der Waals surface area contributed by atoms with E-state index in [1.165, 1.54) is 20.3 Å². The van der Waals surface area contributed by atoms with E-state index in [0.29, 0.717) is 23.6 Å². The van der Waals surface area contributed by atoms with E-state index in [0.717, 1.165) is 5.56 Å². The zero-order chi connectivity index (χ0) is 17.9. The van der Waals surface area contributed by atoms with Gasteiger partial charge in [0.15, 0.2) is 17.3 Å². The molecule has 0 atom stereocenters. The third kappa shape index (κ3) is 3.34. The zero-order valence-corrected chi connectivity index (χ0v) is 13.9. The summed E-state index contributed by atoms with van der Waals surface area (Å²) in [4.78, 5) is 23.5. The van der Waals surface area contributed by atoms with E-state index in [1.807, 2.05) is 0 Å². The molecular weight excluding hydrogens is 314 g/mol. The first kappa shape index (κ1) is 17.4. The molecule has 0 aliphatic carbocycles. The molecule has 24 heavy (non-hydrogen) atoms. The summed E-state index contributed by atoms with van der Waals surface area (Å²) in [5, 5.41) is 11.8. The van der Waals surface area contributed by atoms with Crippen LogP contribution in [0.5, 0.6) is 11.5 Å². The number of anilines is 1. The number of nitrogens with one attached hydrogen (secondary N) is 1. The number of amides is 1. The lowest BCUT2D eigenvalue weighted by Gasteiger charge is -2.13. The number of carboxylic acids is 1. The molecule has 1 heterocycles. The molecule has 1 amide bonds. The second kappa shape index (κ2) is 7.08. The molecule has 128 valence electrons. The normalized spacial score (nSPS) is 10.3. The maximum Gasteiger partial charge on any atom is 0.339 e. The van der Waals surface area contributed by atoms with Gasteiger partial charge in [-0.3, -0.25) is 4.79 Å². The van der Waals surface area contributed by atoms with E-state index >= 15 is 0 Å². The fourth-order valence-corrected chi connectivity index (χ4v) is 2.28. The van der Waals surface area contributed by atoms with E-state index in [2.05, 4.69) is 5.32 Å². The Labute approximate surface area is 139 Å². The van der Waals surface area contributed by atoms with Gasteiger partial charge < -0.3 is 24.3 Å². The first-order valence-electron chi connectivity index (χ1n) is 7.31. The van der Waals surface area contributed by atoms with Gasteiger partial charge in [-0.05, 0) is 18.6 Å². The summed E-state index contributed by atoms with van der Waals surface area (Å²) in [6, 6.07) is 4.59. The van der Waals surface area contributed by atoms with Crippen LogP contribution in [0.4, 0.5) is 5.69 Å². The van der Waals surface area contributed by atoms with Crippen LogP contribution in [0.3, 0.4) is 0 Å². The van der Waals surface area contributed by atoms with Crippen LogP contribution in [0.1, 0.15) is 39.2 Å². The minimum absolute atomic E-state index is 0.00770. The number of aryl methyl sites for hydroxylation is 2. The molecule has 1 aromatic carbocycles. The quantitative estimate of drug-likeness (QED) is 0.843. The topological polar surface area (TPSA) is 98.0 Å². The molecule has 0 saturated carbocycles. The maximum absolute atomic E-state index is 12.4. The lowest BCUT2D eigenvalue weighted by molar-refractivity contribution is 0.0694. The van der Waals surface area contributed by atoms with Crippen molar-refractivity contribution in [3.05, 3.63) is 40.8 Å². The van der Waals surface area contributed by atoms with Crippen LogP contribution in [0.25, 0.3) is 0 Å². The average molecular weight is 333 g/mol. The van der Waals surface area contributed by atoms with Crippen LogP contribution >= 0.6 is 0 Å². The Morgan fingerprint density at radius 1 is 1.17 bits per heavy atom. The number of carbonyl (C=O) groups is 2. The van der Waals surface area contributed by atoms with Gasteiger partial charge in [-0.15, -0.1) is 0 Å². The Balaban J connectivity index is 2.31. The maximum atomic E-state index is 12.4.